The number of ketones is 1. The van der Waals surface area contributed by atoms with Crippen LogP contribution in [0.4, 0.5) is 0 Å². The van der Waals surface area contributed by atoms with Crippen LogP contribution in [0.2, 0.25) is 0 Å². The summed E-state index contributed by atoms with van der Waals surface area (Å²) in [5.41, 5.74) is 2.87. The highest BCUT2D eigenvalue weighted by atomic mass is 16.3. The Morgan fingerprint density at radius 1 is 1.32 bits per heavy atom. The van der Waals surface area contributed by atoms with Gasteiger partial charge in [0.05, 0.1) is 0 Å². The molecule has 2 heteroatoms. The molecule has 0 heterocycles. The zero-order valence-corrected chi connectivity index (χ0v) is 13.7. The van der Waals surface area contributed by atoms with Gasteiger partial charge in [-0.3, -0.25) is 4.79 Å². The number of allylic oxidation sites excluding steroid dienone is 1. The number of aliphatic hydroxyl groups excluding tert-OH is 1. The summed E-state index contributed by atoms with van der Waals surface area (Å²) in [4.78, 5) is 12.0. The van der Waals surface area contributed by atoms with Crippen LogP contribution in [0.3, 0.4) is 0 Å². The first-order valence-corrected chi connectivity index (χ1v) is 9.06. The normalized spacial score (nSPS) is 47.5. The second kappa shape index (κ2) is 5.06. The molecule has 0 aliphatic heterocycles. The molecular formula is C20H28O2. The molecule has 4 aliphatic rings. The maximum Gasteiger partial charge on any atom is 0.159 e. The van der Waals surface area contributed by atoms with Crippen LogP contribution in [0.25, 0.3) is 0 Å². The minimum Gasteiger partial charge on any atom is -0.396 e. The number of carbonyl (C=O) groups excluding carboxylic acids is 1. The Balaban J connectivity index is 1.73. The molecular weight excluding hydrogens is 272 g/mol. The van der Waals surface area contributed by atoms with Crippen molar-refractivity contribution >= 4 is 5.78 Å². The van der Waals surface area contributed by atoms with Crippen molar-refractivity contribution < 1.29 is 9.90 Å². The van der Waals surface area contributed by atoms with E-state index in [0.29, 0.717) is 23.7 Å². The van der Waals surface area contributed by atoms with Gasteiger partial charge in [0, 0.05) is 24.9 Å². The molecule has 3 saturated carbocycles. The van der Waals surface area contributed by atoms with Crippen LogP contribution < -0.4 is 0 Å². The van der Waals surface area contributed by atoms with Crippen molar-refractivity contribution in [1.82, 2.24) is 0 Å². The highest BCUT2D eigenvalue weighted by Crippen LogP contribution is 2.63. The summed E-state index contributed by atoms with van der Waals surface area (Å²) in [6.45, 7) is 6.96. The molecule has 1 N–H and O–H groups in total. The number of hydrogen-bond acceptors (Lipinski definition) is 2. The number of carbonyl (C=O) groups is 1. The molecule has 0 saturated heterocycles. The summed E-state index contributed by atoms with van der Waals surface area (Å²) in [7, 11) is 0. The third-order valence-corrected chi connectivity index (χ3v) is 7.48. The zero-order valence-electron chi connectivity index (χ0n) is 13.7. The number of fused-ring (bicyclic) bond motifs is 5. The highest BCUT2D eigenvalue weighted by molar-refractivity contribution is 5.94. The van der Waals surface area contributed by atoms with Crippen molar-refractivity contribution in [1.29, 1.82) is 0 Å². The lowest BCUT2D eigenvalue weighted by Gasteiger charge is -2.55. The molecule has 0 spiro atoms. The largest absolute Gasteiger partial charge is 0.396 e. The van der Waals surface area contributed by atoms with E-state index < -0.39 is 0 Å². The molecule has 4 rings (SSSR count). The summed E-state index contributed by atoms with van der Waals surface area (Å²) >= 11 is 0. The van der Waals surface area contributed by atoms with E-state index in [4.69, 9.17) is 0 Å². The summed E-state index contributed by atoms with van der Waals surface area (Å²) in [5.74, 6) is 2.98. The van der Waals surface area contributed by atoms with Gasteiger partial charge in [-0.05, 0) is 61.3 Å². The van der Waals surface area contributed by atoms with E-state index in [1.54, 1.807) is 0 Å². The Kier molecular flexibility index (Phi) is 3.38. The molecule has 0 aromatic carbocycles. The van der Waals surface area contributed by atoms with Crippen molar-refractivity contribution in [3.63, 3.8) is 0 Å². The Morgan fingerprint density at radius 3 is 2.91 bits per heavy atom. The SMILES string of the molecule is C=C1CC(=O)C=C2[C@H](CO)C[C@@H]3[C@H](CC[C@]4(C)CCC[C@@H]34)[C@@H]12. The first kappa shape index (κ1) is 14.7. The summed E-state index contributed by atoms with van der Waals surface area (Å²) in [6.07, 6.45) is 10.2. The van der Waals surface area contributed by atoms with Gasteiger partial charge < -0.3 is 5.11 Å². The number of aliphatic hydroxyl groups is 1. The fourth-order valence-corrected chi connectivity index (χ4v) is 6.53. The summed E-state index contributed by atoms with van der Waals surface area (Å²) < 4.78 is 0. The Morgan fingerprint density at radius 2 is 2.14 bits per heavy atom. The molecule has 0 aromatic heterocycles. The van der Waals surface area contributed by atoms with Gasteiger partial charge in [-0.2, -0.15) is 0 Å². The fourth-order valence-electron chi connectivity index (χ4n) is 6.53. The molecule has 3 fully saturated rings. The summed E-state index contributed by atoms with van der Waals surface area (Å²) in [6, 6.07) is 0. The highest BCUT2D eigenvalue weighted by Gasteiger charge is 2.54. The molecule has 0 aromatic rings. The van der Waals surface area contributed by atoms with Crippen LogP contribution in [0.1, 0.15) is 51.9 Å². The molecule has 0 unspecified atom stereocenters. The number of rotatable bonds is 1. The monoisotopic (exact) mass is 300 g/mol. The maximum atomic E-state index is 12.0. The first-order valence-electron chi connectivity index (χ1n) is 9.06. The minimum atomic E-state index is 0.190. The standard InChI is InChI=1S/C20H28O2/c1-12-8-14(22)10-16-13(11-21)9-17-15(19(12)16)5-7-20(2)6-3-4-18(17)20/h10,13,15,17-19,21H,1,3-9,11H2,2H3/t13-,15-,17+,18-,19+,20-/m0/s1. The van der Waals surface area contributed by atoms with Gasteiger partial charge in [0.1, 0.15) is 0 Å². The van der Waals surface area contributed by atoms with Crippen molar-refractivity contribution in [3.05, 3.63) is 23.8 Å². The predicted octanol–water partition coefficient (Wildman–Crippen LogP) is 3.90. The molecule has 0 radical (unpaired) electrons. The predicted molar refractivity (Wildman–Crippen MR) is 87.2 cm³/mol. The second-order valence-corrected chi connectivity index (χ2v) is 8.56. The Bertz CT molecular complexity index is 546. The first-order chi connectivity index (χ1) is 10.5. The third kappa shape index (κ3) is 1.99. The molecule has 4 aliphatic carbocycles. The van der Waals surface area contributed by atoms with E-state index >= 15 is 0 Å². The van der Waals surface area contributed by atoms with Crippen LogP contribution >= 0.6 is 0 Å². The van der Waals surface area contributed by atoms with Crippen LogP contribution in [0, 0.1) is 35.0 Å². The van der Waals surface area contributed by atoms with Gasteiger partial charge in [-0.15, -0.1) is 0 Å². The quantitative estimate of drug-likeness (QED) is 0.746. The fraction of sp³-hybridized carbons (Fsp3) is 0.750. The van der Waals surface area contributed by atoms with E-state index in [2.05, 4.69) is 13.5 Å². The van der Waals surface area contributed by atoms with Gasteiger partial charge in [0.25, 0.3) is 0 Å². The average Bonchev–Trinajstić information content (AvgIpc) is 2.87. The molecule has 120 valence electrons. The van der Waals surface area contributed by atoms with Crippen LogP contribution in [0.15, 0.2) is 23.8 Å². The van der Waals surface area contributed by atoms with Gasteiger partial charge in [0.15, 0.2) is 5.78 Å². The topological polar surface area (TPSA) is 37.3 Å². The second-order valence-electron chi connectivity index (χ2n) is 8.56. The van der Waals surface area contributed by atoms with Crippen LogP contribution in [-0.2, 0) is 4.79 Å². The lowest BCUT2D eigenvalue weighted by atomic mass is 9.50. The number of hydrogen-bond donors (Lipinski definition) is 1. The smallest absolute Gasteiger partial charge is 0.159 e. The van der Waals surface area contributed by atoms with Gasteiger partial charge >= 0.3 is 0 Å². The summed E-state index contributed by atoms with van der Waals surface area (Å²) in [5, 5.41) is 9.92. The molecule has 22 heavy (non-hydrogen) atoms. The molecule has 6 atom stereocenters. The van der Waals surface area contributed by atoms with Gasteiger partial charge in [-0.25, -0.2) is 0 Å². The zero-order chi connectivity index (χ0) is 15.5. The van der Waals surface area contributed by atoms with E-state index in [0.717, 1.165) is 23.8 Å². The Hall–Kier alpha value is -0.890. The molecule has 0 bridgehead atoms. The van der Waals surface area contributed by atoms with E-state index in [-0.39, 0.29) is 18.3 Å². The van der Waals surface area contributed by atoms with Crippen molar-refractivity contribution in [2.45, 2.75) is 51.9 Å². The van der Waals surface area contributed by atoms with Crippen molar-refractivity contribution in [2.24, 2.45) is 35.0 Å². The van der Waals surface area contributed by atoms with E-state index in [1.807, 2.05) is 6.08 Å². The van der Waals surface area contributed by atoms with Crippen LogP contribution in [-0.4, -0.2) is 17.5 Å². The van der Waals surface area contributed by atoms with E-state index in [1.165, 1.54) is 37.7 Å². The van der Waals surface area contributed by atoms with Crippen molar-refractivity contribution in [3.8, 4) is 0 Å². The van der Waals surface area contributed by atoms with Crippen molar-refractivity contribution in [2.75, 3.05) is 6.61 Å². The lowest BCUT2D eigenvalue weighted by molar-refractivity contribution is -0.115. The van der Waals surface area contributed by atoms with Gasteiger partial charge in [0.2, 0.25) is 0 Å². The van der Waals surface area contributed by atoms with E-state index in [9.17, 15) is 9.90 Å². The molecule has 0 amide bonds. The van der Waals surface area contributed by atoms with Crippen LogP contribution in [0.5, 0.6) is 0 Å². The lowest BCUT2D eigenvalue weighted by Crippen LogP contribution is -2.48. The third-order valence-electron chi connectivity index (χ3n) is 7.48. The minimum absolute atomic E-state index is 0.190. The Labute approximate surface area is 133 Å². The van der Waals surface area contributed by atoms with Gasteiger partial charge in [-0.1, -0.05) is 31.1 Å². The average molecular weight is 300 g/mol. The molecule has 2 nitrogen and oxygen atoms in total. The maximum absolute atomic E-state index is 12.0.